The van der Waals surface area contributed by atoms with Gasteiger partial charge >= 0.3 is 6.03 Å². The number of amides is 3. The Bertz CT molecular complexity index is 1250. The van der Waals surface area contributed by atoms with Gasteiger partial charge in [-0.15, -0.1) is 0 Å². The summed E-state index contributed by atoms with van der Waals surface area (Å²) in [5, 5.41) is 15.0. The maximum Gasteiger partial charge on any atom is 0.335 e. The van der Waals surface area contributed by atoms with Crippen LogP contribution in [0.5, 0.6) is 5.88 Å². The number of hydrogen-bond donors (Lipinski definition) is 3. The van der Waals surface area contributed by atoms with Gasteiger partial charge < -0.3 is 10.4 Å². The molecular formula is C21H17ClFN3O5. The summed E-state index contributed by atoms with van der Waals surface area (Å²) in [5.41, 5.74) is -0.257. The number of imide groups is 1. The molecule has 0 atom stereocenters. The van der Waals surface area contributed by atoms with Gasteiger partial charge in [0.15, 0.2) is 11.6 Å². The van der Waals surface area contributed by atoms with E-state index in [1.165, 1.54) is 43.3 Å². The van der Waals surface area contributed by atoms with Gasteiger partial charge in [0.2, 0.25) is 11.8 Å². The second kappa shape index (κ2) is 8.57. The summed E-state index contributed by atoms with van der Waals surface area (Å²) >= 11 is 5.72. The van der Waals surface area contributed by atoms with E-state index in [2.05, 4.69) is 10.6 Å². The zero-order valence-electron chi connectivity index (χ0n) is 16.5. The minimum absolute atomic E-state index is 0.0256. The molecule has 0 aliphatic carbocycles. The van der Waals surface area contributed by atoms with Crippen LogP contribution in [0.4, 0.5) is 14.9 Å². The summed E-state index contributed by atoms with van der Waals surface area (Å²) in [6.07, 6.45) is 0.0256. The number of fused-ring (bicyclic) bond motifs is 1. The van der Waals surface area contributed by atoms with Crippen molar-refractivity contribution in [3.8, 4) is 5.88 Å². The molecule has 3 N–H and O–H groups in total. The minimum atomic E-state index is -0.959. The van der Waals surface area contributed by atoms with Crippen LogP contribution in [0.2, 0.25) is 5.02 Å². The lowest BCUT2D eigenvalue weighted by atomic mass is 10.1. The van der Waals surface area contributed by atoms with Gasteiger partial charge in [-0.25, -0.2) is 13.8 Å². The third-order valence-corrected chi connectivity index (χ3v) is 4.85. The Morgan fingerprint density at radius 2 is 1.87 bits per heavy atom. The van der Waals surface area contributed by atoms with Gasteiger partial charge in [0.25, 0.3) is 5.91 Å². The van der Waals surface area contributed by atoms with Crippen LogP contribution in [-0.2, 0) is 4.79 Å². The molecule has 3 aromatic rings. The molecule has 1 heterocycles. The highest BCUT2D eigenvalue weighted by atomic mass is 35.5. The van der Waals surface area contributed by atoms with E-state index in [4.69, 9.17) is 11.6 Å². The molecule has 0 aliphatic heterocycles. The van der Waals surface area contributed by atoms with Gasteiger partial charge in [-0.05, 0) is 37.3 Å². The van der Waals surface area contributed by atoms with E-state index in [1.54, 1.807) is 6.92 Å². The summed E-state index contributed by atoms with van der Waals surface area (Å²) in [6.45, 7) is 2.87. The Labute approximate surface area is 180 Å². The highest BCUT2D eigenvalue weighted by Gasteiger charge is 2.25. The highest BCUT2D eigenvalue weighted by Crippen LogP contribution is 2.37. The van der Waals surface area contributed by atoms with E-state index in [9.17, 15) is 28.7 Å². The van der Waals surface area contributed by atoms with Crippen LogP contribution in [0.15, 0.2) is 36.4 Å². The predicted molar refractivity (Wildman–Crippen MR) is 112 cm³/mol. The van der Waals surface area contributed by atoms with Gasteiger partial charge in [-0.1, -0.05) is 24.6 Å². The molecule has 0 spiro atoms. The van der Waals surface area contributed by atoms with Crippen molar-refractivity contribution in [3.63, 3.8) is 0 Å². The molecule has 0 unspecified atom stereocenters. The lowest BCUT2D eigenvalue weighted by molar-refractivity contribution is -0.119. The molecule has 0 radical (unpaired) electrons. The molecule has 3 amide bonds. The molecule has 3 rings (SSSR count). The van der Waals surface area contributed by atoms with Crippen LogP contribution in [-0.4, -0.2) is 33.3 Å². The van der Waals surface area contributed by atoms with Gasteiger partial charge in [0, 0.05) is 17.4 Å². The minimum Gasteiger partial charge on any atom is -0.493 e. The quantitative estimate of drug-likeness (QED) is 0.523. The Morgan fingerprint density at radius 3 is 2.52 bits per heavy atom. The fraction of sp³-hybridized carbons (Fsp3) is 0.143. The molecule has 0 saturated heterocycles. The highest BCUT2D eigenvalue weighted by molar-refractivity contribution is 6.31. The van der Waals surface area contributed by atoms with Crippen LogP contribution in [0.1, 0.15) is 41.0 Å². The second-order valence-corrected chi connectivity index (χ2v) is 6.99. The van der Waals surface area contributed by atoms with Crippen molar-refractivity contribution < 1.29 is 28.7 Å². The summed E-state index contributed by atoms with van der Waals surface area (Å²) < 4.78 is 15.0. The number of nitrogens with one attached hydrogen (secondary N) is 2. The van der Waals surface area contributed by atoms with Gasteiger partial charge in [-0.3, -0.25) is 19.7 Å². The second-order valence-electron chi connectivity index (χ2n) is 6.58. The Kier molecular flexibility index (Phi) is 6.07. The molecular weight excluding hydrogens is 429 g/mol. The van der Waals surface area contributed by atoms with Gasteiger partial charge in [-0.2, -0.15) is 0 Å². The van der Waals surface area contributed by atoms with Gasteiger partial charge in [0.05, 0.1) is 16.1 Å². The predicted octanol–water partition coefficient (Wildman–Crippen LogP) is 4.09. The van der Waals surface area contributed by atoms with Crippen molar-refractivity contribution in [2.75, 3.05) is 5.32 Å². The number of carbonyl (C=O) groups excluding carboxylic acids is 4. The van der Waals surface area contributed by atoms with Crippen molar-refractivity contribution in [2.45, 2.75) is 20.3 Å². The first-order chi connectivity index (χ1) is 14.6. The lowest BCUT2D eigenvalue weighted by Gasteiger charge is -2.08. The number of benzene rings is 2. The topological polar surface area (TPSA) is 118 Å². The van der Waals surface area contributed by atoms with Gasteiger partial charge in [0.1, 0.15) is 5.69 Å². The first-order valence-electron chi connectivity index (χ1n) is 9.13. The number of ketones is 1. The monoisotopic (exact) mass is 445 g/mol. The van der Waals surface area contributed by atoms with Crippen molar-refractivity contribution in [1.29, 1.82) is 0 Å². The van der Waals surface area contributed by atoms with Crippen LogP contribution in [0.25, 0.3) is 10.9 Å². The number of halogens is 2. The Balaban J connectivity index is 2.16. The fourth-order valence-corrected chi connectivity index (χ4v) is 3.12. The van der Waals surface area contributed by atoms with E-state index in [0.717, 1.165) is 4.57 Å². The van der Waals surface area contributed by atoms with E-state index in [-0.39, 0.29) is 44.9 Å². The molecule has 31 heavy (non-hydrogen) atoms. The maximum atomic E-state index is 14.2. The summed E-state index contributed by atoms with van der Waals surface area (Å²) in [6, 6.07) is 7.06. The van der Waals surface area contributed by atoms with Crippen LogP contribution in [0, 0.1) is 5.82 Å². The standard InChI is InChI=1S/C21H17ClFN3O5/c1-3-16(28)24-21(31)26-15-8-7-11(10(2)27)9-13(15)18(20(26)30)25-19(29)12-5-4-6-14(22)17(12)23/h4-9,30H,3H2,1-2H3,(H,25,29)(H,24,28,31). The van der Waals surface area contributed by atoms with E-state index < -0.39 is 29.5 Å². The molecule has 0 fully saturated rings. The largest absolute Gasteiger partial charge is 0.493 e. The Hall–Kier alpha value is -3.72. The van der Waals surface area contributed by atoms with Crippen LogP contribution >= 0.6 is 11.6 Å². The zero-order valence-corrected chi connectivity index (χ0v) is 17.2. The summed E-state index contributed by atoms with van der Waals surface area (Å²) in [5.74, 6) is -3.47. The average molecular weight is 446 g/mol. The number of nitrogens with zero attached hydrogens (tertiary/aromatic N) is 1. The van der Waals surface area contributed by atoms with E-state index >= 15 is 0 Å². The van der Waals surface area contributed by atoms with Crippen LogP contribution < -0.4 is 10.6 Å². The third kappa shape index (κ3) is 4.13. The molecule has 0 saturated carbocycles. The number of Topliss-reactive ketones (excluding diaryl/α,β-unsaturated/α-hetero) is 1. The summed E-state index contributed by atoms with van der Waals surface area (Å²) in [4.78, 5) is 48.6. The Morgan fingerprint density at radius 1 is 1.16 bits per heavy atom. The van der Waals surface area contributed by atoms with Crippen molar-refractivity contribution in [3.05, 3.63) is 58.4 Å². The van der Waals surface area contributed by atoms with Crippen molar-refractivity contribution in [1.82, 2.24) is 9.88 Å². The lowest BCUT2D eigenvalue weighted by Crippen LogP contribution is -2.33. The van der Waals surface area contributed by atoms with Crippen molar-refractivity contribution in [2.24, 2.45) is 0 Å². The number of carbonyl (C=O) groups is 4. The maximum absolute atomic E-state index is 14.2. The molecule has 10 heteroatoms. The molecule has 1 aromatic heterocycles. The number of anilines is 1. The molecule has 8 nitrogen and oxygen atoms in total. The van der Waals surface area contributed by atoms with E-state index in [0.29, 0.717) is 0 Å². The zero-order chi connectivity index (χ0) is 22.9. The molecule has 160 valence electrons. The van der Waals surface area contributed by atoms with Crippen LogP contribution in [0.3, 0.4) is 0 Å². The van der Waals surface area contributed by atoms with Crippen molar-refractivity contribution >= 4 is 51.8 Å². The third-order valence-electron chi connectivity index (χ3n) is 4.55. The number of rotatable bonds is 4. The summed E-state index contributed by atoms with van der Waals surface area (Å²) in [7, 11) is 0. The number of aromatic nitrogens is 1. The number of aromatic hydroxyl groups is 1. The van der Waals surface area contributed by atoms with E-state index in [1.807, 2.05) is 0 Å². The first-order valence-corrected chi connectivity index (χ1v) is 9.51. The number of hydrogen-bond acceptors (Lipinski definition) is 5. The normalized spacial score (nSPS) is 10.7. The average Bonchev–Trinajstić information content (AvgIpc) is 3.00. The fourth-order valence-electron chi connectivity index (χ4n) is 2.95. The molecule has 0 bridgehead atoms. The smallest absolute Gasteiger partial charge is 0.335 e. The first kappa shape index (κ1) is 22.0. The molecule has 0 aliphatic rings. The SMILES string of the molecule is CCC(=O)NC(=O)n1c(O)c(NC(=O)c2cccc(Cl)c2F)c2cc(C(C)=O)ccc21. The molecule has 2 aromatic carbocycles.